The first-order valence-corrected chi connectivity index (χ1v) is 9.38. The standard InChI is InChI=1S/C22H22FN3O2/c1-28-21-7-2-4-17(12-21)22(27)25-10-8-16(9-11-25)18-14-24-26(15-18)20-6-3-5-19(23)13-20/h2-7,12-16H,8-11H2,1H3. The van der Waals surface area contributed by atoms with Gasteiger partial charge in [-0.3, -0.25) is 4.79 Å². The molecule has 2 heterocycles. The predicted octanol–water partition coefficient (Wildman–Crippen LogP) is 4.04. The van der Waals surface area contributed by atoms with Crippen LogP contribution in [0.25, 0.3) is 5.69 Å². The SMILES string of the molecule is COc1cccc(C(=O)N2CCC(c3cnn(-c4cccc(F)c4)c3)CC2)c1. The third kappa shape index (κ3) is 3.76. The Balaban J connectivity index is 1.41. The van der Waals surface area contributed by atoms with Crippen molar-refractivity contribution in [1.82, 2.24) is 14.7 Å². The van der Waals surface area contributed by atoms with Gasteiger partial charge in [0, 0.05) is 24.8 Å². The molecule has 4 rings (SSSR count). The lowest BCUT2D eigenvalue weighted by atomic mass is 9.91. The van der Waals surface area contributed by atoms with Crippen LogP contribution in [0.15, 0.2) is 60.9 Å². The average Bonchev–Trinajstić information content (AvgIpc) is 3.24. The summed E-state index contributed by atoms with van der Waals surface area (Å²) in [6, 6.07) is 13.6. The van der Waals surface area contributed by atoms with Crippen molar-refractivity contribution in [2.75, 3.05) is 20.2 Å². The zero-order valence-corrected chi connectivity index (χ0v) is 15.7. The first-order valence-electron chi connectivity index (χ1n) is 9.38. The van der Waals surface area contributed by atoms with Crippen LogP contribution < -0.4 is 4.74 Å². The van der Waals surface area contributed by atoms with Gasteiger partial charge in [-0.15, -0.1) is 0 Å². The maximum absolute atomic E-state index is 13.4. The molecular formula is C22H22FN3O2. The van der Waals surface area contributed by atoms with Crippen LogP contribution in [0.3, 0.4) is 0 Å². The summed E-state index contributed by atoms with van der Waals surface area (Å²) in [5.74, 6) is 0.786. The molecule has 0 unspecified atom stereocenters. The zero-order valence-electron chi connectivity index (χ0n) is 15.7. The van der Waals surface area contributed by atoms with E-state index in [1.807, 2.05) is 41.6 Å². The van der Waals surface area contributed by atoms with Crippen LogP contribution in [0.4, 0.5) is 4.39 Å². The van der Waals surface area contributed by atoms with E-state index in [1.54, 1.807) is 23.9 Å². The van der Waals surface area contributed by atoms with Gasteiger partial charge >= 0.3 is 0 Å². The zero-order chi connectivity index (χ0) is 19.5. The largest absolute Gasteiger partial charge is 0.497 e. The normalized spacial score (nSPS) is 14.9. The van der Waals surface area contributed by atoms with E-state index in [1.165, 1.54) is 12.1 Å². The van der Waals surface area contributed by atoms with E-state index in [0.717, 1.165) is 18.4 Å². The van der Waals surface area contributed by atoms with E-state index in [0.29, 0.717) is 36.0 Å². The van der Waals surface area contributed by atoms with Gasteiger partial charge in [-0.2, -0.15) is 5.10 Å². The molecule has 0 atom stereocenters. The second-order valence-electron chi connectivity index (χ2n) is 7.00. The molecule has 1 aliphatic heterocycles. The summed E-state index contributed by atoms with van der Waals surface area (Å²) in [5.41, 5.74) is 2.48. The van der Waals surface area contributed by atoms with E-state index < -0.39 is 0 Å². The summed E-state index contributed by atoms with van der Waals surface area (Å²) in [7, 11) is 1.60. The molecule has 2 aromatic carbocycles. The van der Waals surface area contributed by atoms with Crippen molar-refractivity contribution in [2.45, 2.75) is 18.8 Å². The van der Waals surface area contributed by atoms with Gasteiger partial charge < -0.3 is 9.64 Å². The molecule has 3 aromatic rings. The van der Waals surface area contributed by atoms with Gasteiger partial charge in [-0.05, 0) is 60.7 Å². The van der Waals surface area contributed by atoms with Gasteiger partial charge in [-0.1, -0.05) is 12.1 Å². The Morgan fingerprint density at radius 3 is 2.68 bits per heavy atom. The van der Waals surface area contributed by atoms with Gasteiger partial charge in [0.05, 0.1) is 19.0 Å². The van der Waals surface area contributed by atoms with Crippen LogP contribution in [0.2, 0.25) is 0 Å². The van der Waals surface area contributed by atoms with E-state index in [2.05, 4.69) is 5.10 Å². The number of methoxy groups -OCH3 is 1. The molecular weight excluding hydrogens is 357 g/mol. The van der Waals surface area contributed by atoms with Crippen molar-refractivity contribution in [3.8, 4) is 11.4 Å². The third-order valence-electron chi connectivity index (χ3n) is 5.25. The number of amides is 1. The lowest BCUT2D eigenvalue weighted by molar-refractivity contribution is 0.0712. The second-order valence-corrected chi connectivity index (χ2v) is 7.00. The molecule has 5 nitrogen and oxygen atoms in total. The van der Waals surface area contributed by atoms with Crippen LogP contribution >= 0.6 is 0 Å². The Labute approximate surface area is 163 Å². The number of halogens is 1. The smallest absolute Gasteiger partial charge is 0.253 e. The van der Waals surface area contributed by atoms with E-state index in [-0.39, 0.29) is 11.7 Å². The number of aromatic nitrogens is 2. The molecule has 1 saturated heterocycles. The molecule has 1 amide bonds. The molecule has 0 N–H and O–H groups in total. The van der Waals surface area contributed by atoms with Crippen molar-refractivity contribution in [3.63, 3.8) is 0 Å². The predicted molar refractivity (Wildman–Crippen MR) is 104 cm³/mol. The molecule has 144 valence electrons. The summed E-state index contributed by atoms with van der Waals surface area (Å²) in [5, 5.41) is 4.38. The number of hydrogen-bond acceptors (Lipinski definition) is 3. The molecule has 0 spiro atoms. The van der Waals surface area contributed by atoms with Crippen molar-refractivity contribution >= 4 is 5.91 Å². The lowest BCUT2D eigenvalue weighted by Crippen LogP contribution is -2.37. The highest BCUT2D eigenvalue weighted by Gasteiger charge is 2.25. The number of nitrogens with zero attached hydrogens (tertiary/aromatic N) is 3. The van der Waals surface area contributed by atoms with Gasteiger partial charge in [-0.25, -0.2) is 9.07 Å². The molecule has 6 heteroatoms. The first kappa shape index (κ1) is 18.2. The fourth-order valence-electron chi connectivity index (χ4n) is 3.66. The fourth-order valence-corrected chi connectivity index (χ4v) is 3.66. The monoisotopic (exact) mass is 379 g/mol. The quantitative estimate of drug-likeness (QED) is 0.687. The van der Waals surface area contributed by atoms with E-state index >= 15 is 0 Å². The minimum atomic E-state index is -0.279. The number of benzene rings is 2. The van der Waals surface area contributed by atoms with Crippen LogP contribution in [0.1, 0.15) is 34.7 Å². The summed E-state index contributed by atoms with van der Waals surface area (Å²) >= 11 is 0. The van der Waals surface area contributed by atoms with Crippen LogP contribution in [-0.4, -0.2) is 40.8 Å². The van der Waals surface area contributed by atoms with Gasteiger partial charge in [0.15, 0.2) is 0 Å². The Morgan fingerprint density at radius 1 is 1.14 bits per heavy atom. The lowest BCUT2D eigenvalue weighted by Gasteiger charge is -2.31. The topological polar surface area (TPSA) is 47.4 Å². The van der Waals surface area contributed by atoms with Gasteiger partial charge in [0.2, 0.25) is 0 Å². The minimum Gasteiger partial charge on any atom is -0.497 e. The Morgan fingerprint density at radius 2 is 1.93 bits per heavy atom. The van der Waals surface area contributed by atoms with Crippen molar-refractivity contribution in [2.24, 2.45) is 0 Å². The number of carbonyl (C=O) groups excluding carboxylic acids is 1. The molecule has 28 heavy (non-hydrogen) atoms. The third-order valence-corrected chi connectivity index (χ3v) is 5.25. The van der Waals surface area contributed by atoms with Crippen molar-refractivity contribution in [3.05, 3.63) is 77.9 Å². The highest BCUT2D eigenvalue weighted by Crippen LogP contribution is 2.29. The van der Waals surface area contributed by atoms with E-state index in [4.69, 9.17) is 4.74 Å². The average molecular weight is 379 g/mol. The Bertz CT molecular complexity index is 977. The second kappa shape index (κ2) is 7.84. The number of rotatable bonds is 4. The van der Waals surface area contributed by atoms with Crippen molar-refractivity contribution < 1.29 is 13.9 Å². The summed E-state index contributed by atoms with van der Waals surface area (Å²) in [4.78, 5) is 14.6. The molecule has 1 aliphatic rings. The van der Waals surface area contributed by atoms with Crippen LogP contribution in [0, 0.1) is 5.82 Å². The van der Waals surface area contributed by atoms with Crippen LogP contribution in [-0.2, 0) is 0 Å². The van der Waals surface area contributed by atoms with Crippen molar-refractivity contribution in [1.29, 1.82) is 0 Å². The molecule has 0 bridgehead atoms. The number of likely N-dealkylation sites (tertiary alicyclic amines) is 1. The maximum atomic E-state index is 13.4. The van der Waals surface area contributed by atoms with Crippen LogP contribution in [0.5, 0.6) is 5.75 Å². The highest BCUT2D eigenvalue weighted by molar-refractivity contribution is 5.94. The number of ether oxygens (including phenoxy) is 1. The first-order chi connectivity index (χ1) is 13.6. The molecule has 0 saturated carbocycles. The fraction of sp³-hybridized carbons (Fsp3) is 0.273. The van der Waals surface area contributed by atoms with Gasteiger partial charge in [0.1, 0.15) is 11.6 Å². The molecule has 1 fully saturated rings. The molecule has 1 aromatic heterocycles. The van der Waals surface area contributed by atoms with E-state index in [9.17, 15) is 9.18 Å². The Hall–Kier alpha value is -3.15. The summed E-state index contributed by atoms with van der Waals surface area (Å²) < 4.78 is 20.3. The highest BCUT2D eigenvalue weighted by atomic mass is 19.1. The Kier molecular flexibility index (Phi) is 5.10. The summed E-state index contributed by atoms with van der Waals surface area (Å²) in [6.45, 7) is 1.40. The maximum Gasteiger partial charge on any atom is 0.253 e. The van der Waals surface area contributed by atoms with Gasteiger partial charge in [0.25, 0.3) is 5.91 Å². The molecule has 0 radical (unpaired) electrons. The minimum absolute atomic E-state index is 0.0350. The molecule has 0 aliphatic carbocycles. The number of carbonyl (C=O) groups is 1. The number of hydrogen-bond donors (Lipinski definition) is 0. The number of piperidine rings is 1. The summed E-state index contributed by atoms with van der Waals surface area (Å²) in [6.07, 6.45) is 5.56.